The highest BCUT2D eigenvalue weighted by atomic mass is 19.4. The van der Waals surface area contributed by atoms with Crippen LogP contribution in [0.4, 0.5) is 17.6 Å². The molecule has 0 saturated carbocycles. The Hall–Kier alpha value is -4.03. The molecular formula is C16H8F4N6O3. The summed E-state index contributed by atoms with van der Waals surface area (Å²) < 4.78 is 58.5. The average molecular weight is 408 g/mol. The number of carbonyl (C=O) groups excluding carboxylic acids is 1. The standard InChI is InChI=1S/C16H8F4N6O3/c17-9-3-6(16(18,19)20)1-2-7(9)10-4-11(27)26-13(23-10)8(5-22-26)14-24-25-15(29-14)12(21)28/h1-5,23H,(H2,21,28). The van der Waals surface area contributed by atoms with Gasteiger partial charge in [0.05, 0.1) is 17.5 Å². The highest BCUT2D eigenvalue weighted by Crippen LogP contribution is 2.32. The van der Waals surface area contributed by atoms with Crippen LogP contribution in [0.15, 0.2) is 39.7 Å². The van der Waals surface area contributed by atoms with Crippen LogP contribution >= 0.6 is 0 Å². The largest absolute Gasteiger partial charge is 0.416 e. The first-order chi connectivity index (χ1) is 13.6. The molecule has 13 heteroatoms. The highest BCUT2D eigenvalue weighted by molar-refractivity contribution is 5.88. The minimum atomic E-state index is -4.72. The van der Waals surface area contributed by atoms with Crippen LogP contribution < -0.4 is 11.3 Å². The van der Waals surface area contributed by atoms with E-state index in [2.05, 4.69) is 20.3 Å². The van der Waals surface area contributed by atoms with E-state index in [1.54, 1.807) is 0 Å². The van der Waals surface area contributed by atoms with E-state index < -0.39 is 34.9 Å². The number of benzene rings is 1. The smallest absolute Gasteiger partial charge is 0.412 e. The minimum absolute atomic E-state index is 0.00790. The van der Waals surface area contributed by atoms with Gasteiger partial charge >= 0.3 is 18.0 Å². The topological polar surface area (TPSA) is 132 Å². The van der Waals surface area contributed by atoms with Gasteiger partial charge in [-0.3, -0.25) is 9.59 Å². The zero-order valence-corrected chi connectivity index (χ0v) is 14.0. The summed E-state index contributed by atoms with van der Waals surface area (Å²) in [4.78, 5) is 26.1. The molecule has 0 unspecified atom stereocenters. The zero-order chi connectivity index (χ0) is 20.9. The number of amides is 1. The number of nitrogens with zero attached hydrogens (tertiary/aromatic N) is 4. The Labute approximate surface area is 156 Å². The summed E-state index contributed by atoms with van der Waals surface area (Å²) in [6, 6.07) is 2.88. The molecule has 0 radical (unpaired) electrons. The molecule has 0 aliphatic heterocycles. The maximum atomic E-state index is 14.3. The fourth-order valence-electron chi connectivity index (χ4n) is 2.63. The van der Waals surface area contributed by atoms with Crippen molar-refractivity contribution in [2.24, 2.45) is 5.73 Å². The van der Waals surface area contributed by atoms with E-state index in [4.69, 9.17) is 10.2 Å². The van der Waals surface area contributed by atoms with E-state index in [0.717, 1.165) is 16.6 Å². The summed E-state index contributed by atoms with van der Waals surface area (Å²) in [7, 11) is 0. The Balaban J connectivity index is 1.87. The first kappa shape index (κ1) is 18.3. The van der Waals surface area contributed by atoms with Gasteiger partial charge in [0.1, 0.15) is 11.4 Å². The van der Waals surface area contributed by atoms with Crippen LogP contribution in [0, 0.1) is 5.82 Å². The monoisotopic (exact) mass is 408 g/mol. The lowest BCUT2D eigenvalue weighted by molar-refractivity contribution is -0.137. The van der Waals surface area contributed by atoms with Crippen molar-refractivity contribution in [3.8, 4) is 22.7 Å². The van der Waals surface area contributed by atoms with Crippen molar-refractivity contribution in [3.05, 3.63) is 58.1 Å². The van der Waals surface area contributed by atoms with Gasteiger partial charge in [-0.1, -0.05) is 0 Å². The van der Waals surface area contributed by atoms with Gasteiger partial charge in [-0.15, -0.1) is 10.2 Å². The number of hydrogen-bond donors (Lipinski definition) is 2. The van der Waals surface area contributed by atoms with E-state index in [1.165, 1.54) is 6.20 Å². The number of carbonyl (C=O) groups is 1. The number of rotatable bonds is 3. The van der Waals surface area contributed by atoms with Gasteiger partial charge in [0.25, 0.3) is 11.4 Å². The number of hydrogen-bond acceptors (Lipinski definition) is 6. The van der Waals surface area contributed by atoms with Gasteiger partial charge in [0.2, 0.25) is 0 Å². The van der Waals surface area contributed by atoms with Crippen LogP contribution in [0.3, 0.4) is 0 Å². The first-order valence-corrected chi connectivity index (χ1v) is 7.77. The molecule has 3 heterocycles. The van der Waals surface area contributed by atoms with E-state index in [1.807, 2.05) is 0 Å². The fourth-order valence-corrected chi connectivity index (χ4v) is 2.63. The molecule has 0 bridgehead atoms. The van der Waals surface area contributed by atoms with E-state index >= 15 is 0 Å². The quantitative estimate of drug-likeness (QED) is 0.499. The van der Waals surface area contributed by atoms with Crippen molar-refractivity contribution in [1.29, 1.82) is 0 Å². The molecule has 1 aromatic carbocycles. The van der Waals surface area contributed by atoms with Gasteiger partial charge in [0, 0.05) is 11.6 Å². The molecular weight excluding hydrogens is 400 g/mol. The molecule has 0 saturated heterocycles. The predicted octanol–water partition coefficient (Wildman–Crippen LogP) is 2.00. The van der Waals surface area contributed by atoms with Crippen molar-refractivity contribution < 1.29 is 26.8 Å². The molecule has 0 aliphatic rings. The number of aromatic nitrogens is 5. The van der Waals surface area contributed by atoms with Crippen molar-refractivity contribution in [3.63, 3.8) is 0 Å². The van der Waals surface area contributed by atoms with Crippen LogP contribution in [0.5, 0.6) is 0 Å². The summed E-state index contributed by atoms with van der Waals surface area (Å²) in [6.45, 7) is 0. The van der Waals surface area contributed by atoms with Gasteiger partial charge in [0.15, 0.2) is 5.65 Å². The number of fused-ring (bicyclic) bond motifs is 1. The Morgan fingerprint density at radius 1 is 1.17 bits per heavy atom. The number of halogens is 4. The highest BCUT2D eigenvalue weighted by Gasteiger charge is 2.31. The Morgan fingerprint density at radius 3 is 2.55 bits per heavy atom. The van der Waals surface area contributed by atoms with Crippen LogP contribution in [0.2, 0.25) is 0 Å². The van der Waals surface area contributed by atoms with E-state index in [9.17, 15) is 27.2 Å². The van der Waals surface area contributed by atoms with Crippen molar-refractivity contribution >= 4 is 11.6 Å². The lowest BCUT2D eigenvalue weighted by Gasteiger charge is -2.09. The Morgan fingerprint density at radius 2 is 1.93 bits per heavy atom. The van der Waals surface area contributed by atoms with Gasteiger partial charge < -0.3 is 15.1 Å². The molecule has 29 heavy (non-hydrogen) atoms. The molecule has 1 amide bonds. The van der Waals surface area contributed by atoms with Gasteiger partial charge in [-0.2, -0.15) is 22.8 Å². The lowest BCUT2D eigenvalue weighted by Crippen LogP contribution is -2.14. The molecule has 4 rings (SSSR count). The van der Waals surface area contributed by atoms with Crippen molar-refractivity contribution in [2.75, 3.05) is 0 Å². The number of nitrogens with two attached hydrogens (primary N) is 1. The summed E-state index contributed by atoms with van der Waals surface area (Å²) >= 11 is 0. The molecule has 4 aromatic rings. The molecule has 9 nitrogen and oxygen atoms in total. The fraction of sp³-hybridized carbons (Fsp3) is 0.0625. The molecule has 0 spiro atoms. The third-order valence-electron chi connectivity index (χ3n) is 3.95. The molecule has 0 atom stereocenters. The summed E-state index contributed by atoms with van der Waals surface area (Å²) in [6.07, 6.45) is -3.54. The minimum Gasteiger partial charge on any atom is -0.412 e. The summed E-state index contributed by atoms with van der Waals surface area (Å²) in [5.74, 6) is -2.84. The maximum Gasteiger partial charge on any atom is 0.416 e. The third kappa shape index (κ3) is 3.11. The van der Waals surface area contributed by atoms with Crippen molar-refractivity contribution in [2.45, 2.75) is 6.18 Å². The second kappa shape index (κ2) is 6.25. The molecule has 3 N–H and O–H groups in total. The van der Waals surface area contributed by atoms with Crippen LogP contribution in [0.1, 0.15) is 16.2 Å². The number of alkyl halides is 3. The number of primary amides is 1. The molecule has 0 fully saturated rings. The average Bonchev–Trinajstić information content (AvgIpc) is 3.27. The van der Waals surface area contributed by atoms with Crippen molar-refractivity contribution in [1.82, 2.24) is 24.8 Å². The maximum absolute atomic E-state index is 14.3. The number of aromatic amines is 1. The molecule has 0 aliphatic carbocycles. The van der Waals surface area contributed by atoms with Crippen LogP contribution in [-0.4, -0.2) is 30.7 Å². The van der Waals surface area contributed by atoms with Gasteiger partial charge in [-0.05, 0) is 18.2 Å². The summed E-state index contributed by atoms with van der Waals surface area (Å²) in [5.41, 5.74) is 2.88. The second-order valence-electron chi connectivity index (χ2n) is 5.81. The lowest BCUT2D eigenvalue weighted by atomic mass is 10.1. The normalized spacial score (nSPS) is 11.9. The van der Waals surface area contributed by atoms with Crippen LogP contribution in [0.25, 0.3) is 28.4 Å². The number of H-pyrrole nitrogens is 1. The Bertz CT molecular complexity index is 1320. The summed E-state index contributed by atoms with van der Waals surface area (Å²) in [5, 5.41) is 10.9. The number of nitrogens with one attached hydrogen (secondary N) is 1. The SMILES string of the molecule is NC(=O)c1nnc(-c2cnn3c(=O)cc(-c4ccc(C(F)(F)F)cc4F)[nH]c23)o1. The Kier molecular flexibility index (Phi) is 3.95. The second-order valence-corrected chi connectivity index (χ2v) is 5.81. The van der Waals surface area contributed by atoms with Crippen LogP contribution in [-0.2, 0) is 6.18 Å². The van der Waals surface area contributed by atoms with E-state index in [0.29, 0.717) is 12.1 Å². The third-order valence-corrected chi connectivity index (χ3v) is 3.95. The van der Waals surface area contributed by atoms with E-state index in [-0.39, 0.29) is 28.4 Å². The first-order valence-electron chi connectivity index (χ1n) is 7.77. The molecule has 148 valence electrons. The predicted molar refractivity (Wildman–Crippen MR) is 88.0 cm³/mol. The molecule has 3 aromatic heterocycles. The zero-order valence-electron chi connectivity index (χ0n) is 14.0. The van der Waals surface area contributed by atoms with Gasteiger partial charge in [-0.25, -0.2) is 4.39 Å².